The van der Waals surface area contributed by atoms with Crippen LogP contribution < -0.4 is 10.4 Å². The zero-order valence-corrected chi connectivity index (χ0v) is 24.7. The van der Waals surface area contributed by atoms with Crippen molar-refractivity contribution < 1.29 is 42.9 Å². The number of aromatic nitrogens is 1. The summed E-state index contributed by atoms with van der Waals surface area (Å²) in [6.07, 6.45) is 1.53. The summed E-state index contributed by atoms with van der Waals surface area (Å²) in [5, 5.41) is 12.1. The molecule has 11 nitrogen and oxygen atoms in total. The number of carbonyl (C=O) groups excluding carboxylic acids is 3. The minimum absolute atomic E-state index is 0.0163. The molecule has 42 heavy (non-hydrogen) atoms. The third kappa shape index (κ3) is 4.77. The Morgan fingerprint density at radius 1 is 1.07 bits per heavy atom. The van der Waals surface area contributed by atoms with Crippen molar-refractivity contribution in [2.75, 3.05) is 6.61 Å². The van der Waals surface area contributed by atoms with E-state index in [4.69, 9.17) is 23.4 Å². The number of carbonyl (C=O) groups is 3. The maximum Gasteiger partial charge on any atom is 0.345 e. The van der Waals surface area contributed by atoms with Gasteiger partial charge in [0.2, 0.25) is 0 Å². The van der Waals surface area contributed by atoms with Crippen LogP contribution in [0.2, 0.25) is 0 Å². The highest BCUT2D eigenvalue weighted by Gasteiger charge is 2.70. The SMILES string of the molecule is [13CH3]C(=O)O[13CH2][C@@]1([13CH3])[13C@@H]2C[13C@H](OC([13CH3])=O)[C@@]3([13CH3])Oc4[13cH]c(-c5cccnc5)oc(=O)[13c]4[C@H](O)[13C@@H]3[C@@]2([13CH3])[13CH2]C[13C@@H]1OC([13CH3])=O. The van der Waals surface area contributed by atoms with E-state index in [9.17, 15) is 24.3 Å². The van der Waals surface area contributed by atoms with E-state index in [1.165, 1.54) is 20.8 Å². The molecule has 0 aromatic carbocycles. The van der Waals surface area contributed by atoms with E-state index in [0.717, 1.165) is 0 Å². The molecule has 2 aromatic heterocycles. The van der Waals surface area contributed by atoms with Crippen molar-refractivity contribution in [1.29, 1.82) is 0 Å². The number of esters is 3. The summed E-state index contributed by atoms with van der Waals surface area (Å²) in [4.78, 5) is 54.0. The summed E-state index contributed by atoms with van der Waals surface area (Å²) in [5.74, 6) is -2.25. The number of pyridine rings is 1. The summed E-state index contributed by atoms with van der Waals surface area (Å²) >= 11 is 0. The van der Waals surface area contributed by atoms with Gasteiger partial charge in [-0.2, -0.15) is 0 Å². The fourth-order valence-electron chi connectivity index (χ4n) is 8.04. The molecule has 2 fully saturated rings. The lowest BCUT2D eigenvalue weighted by Crippen LogP contribution is -2.71. The fraction of sp³-hybridized carbons (Fsp3) is 0.581. The average Bonchev–Trinajstić information content (AvgIpc) is 2.90. The van der Waals surface area contributed by atoms with E-state index >= 15 is 0 Å². The molecule has 0 radical (unpaired) electrons. The summed E-state index contributed by atoms with van der Waals surface area (Å²) in [5.41, 5.74) is -3.09. The Labute approximate surface area is 243 Å². The van der Waals surface area contributed by atoms with E-state index in [1.807, 2.05) is 13.8 Å². The molecule has 0 saturated heterocycles. The van der Waals surface area contributed by atoms with E-state index in [2.05, 4.69) is 4.98 Å². The number of ether oxygens (including phenoxy) is 4. The van der Waals surface area contributed by atoms with Gasteiger partial charge in [0.15, 0.2) is 0 Å². The van der Waals surface area contributed by atoms with Gasteiger partial charge in [-0.15, -0.1) is 0 Å². The van der Waals surface area contributed by atoms with Crippen molar-refractivity contribution >= 4 is 17.9 Å². The monoisotopic (exact) mass is 597 g/mol. The number of aliphatic hydroxyl groups excluding tert-OH is 1. The molecule has 0 bridgehead atoms. The van der Waals surface area contributed by atoms with Crippen LogP contribution in [0.5, 0.6) is 5.75 Å². The van der Waals surface area contributed by atoms with Crippen molar-refractivity contribution in [2.45, 2.75) is 84.7 Å². The van der Waals surface area contributed by atoms with Crippen LogP contribution in [0.25, 0.3) is 11.3 Å². The summed E-state index contributed by atoms with van der Waals surface area (Å²) in [6.45, 7) is 9.56. The van der Waals surface area contributed by atoms with Crippen LogP contribution in [0.3, 0.4) is 0 Å². The first-order chi connectivity index (χ1) is 19.7. The van der Waals surface area contributed by atoms with Gasteiger partial charge in [-0.25, -0.2) is 4.79 Å². The topological polar surface area (TPSA) is 151 Å². The summed E-state index contributed by atoms with van der Waals surface area (Å²) in [6, 6.07) is 5.00. The van der Waals surface area contributed by atoms with E-state index in [0.29, 0.717) is 18.4 Å². The number of rotatable bonds is 5. The molecular formula is C31H37NO10. The van der Waals surface area contributed by atoms with Crippen molar-refractivity contribution in [3.8, 4) is 17.1 Å². The van der Waals surface area contributed by atoms with Crippen LogP contribution in [-0.2, 0) is 28.6 Å². The van der Waals surface area contributed by atoms with Crippen LogP contribution in [0.4, 0.5) is 0 Å². The molecule has 0 amide bonds. The molecule has 1 aliphatic heterocycles. The third-order valence-corrected chi connectivity index (χ3v) is 9.73. The van der Waals surface area contributed by atoms with Crippen molar-refractivity contribution in [3.05, 3.63) is 46.6 Å². The van der Waals surface area contributed by atoms with E-state index in [1.54, 1.807) is 37.5 Å². The van der Waals surface area contributed by atoms with Gasteiger partial charge in [0, 0.05) is 56.1 Å². The van der Waals surface area contributed by atoms with Gasteiger partial charge < -0.3 is 28.5 Å². The molecule has 5 rings (SSSR count). The van der Waals surface area contributed by atoms with Crippen molar-refractivity contribution in [1.82, 2.24) is 4.98 Å². The maximum atomic E-state index is 13.4. The Hall–Kier alpha value is -3.73. The number of hydrogen-bond acceptors (Lipinski definition) is 11. The lowest BCUT2D eigenvalue weighted by Gasteiger charge is -2.66. The zero-order valence-electron chi connectivity index (χ0n) is 24.7. The van der Waals surface area contributed by atoms with Gasteiger partial charge in [0.1, 0.15) is 41.5 Å². The van der Waals surface area contributed by atoms with E-state index in [-0.39, 0.29) is 36.0 Å². The van der Waals surface area contributed by atoms with Gasteiger partial charge in [0.05, 0.1) is 6.10 Å². The molecule has 2 aromatic rings. The molecular weight excluding hydrogens is 560 g/mol. The second kappa shape index (κ2) is 10.5. The minimum atomic E-state index is -1.34. The number of fused-ring (bicyclic) bond motifs is 4. The Morgan fingerprint density at radius 3 is 2.38 bits per heavy atom. The Balaban J connectivity index is 1.66. The summed E-state index contributed by atoms with van der Waals surface area (Å²) in [7, 11) is 0. The molecule has 3 heterocycles. The van der Waals surface area contributed by atoms with Crippen molar-refractivity contribution in [3.63, 3.8) is 0 Å². The van der Waals surface area contributed by atoms with Crippen LogP contribution in [0, 0.1) is 22.7 Å². The van der Waals surface area contributed by atoms with Crippen LogP contribution in [0.15, 0.2) is 39.8 Å². The van der Waals surface area contributed by atoms with E-state index < -0.39 is 64.2 Å². The average molecular weight is 598 g/mol. The standard InChI is InChI=1S/C31H37NO10/c1-16(33)38-15-30(5)22-13-24(40-18(3)35)31(6)27(29(22,4)10-9-23(30)39-17(2)34)26(36)25-21(42-31)12-20(41-28(25)37)19-8-7-11-32-14-19/h7-8,11-12,14,22-24,26-27,36H,9-10,13,15H2,1-6H3/t22-,23+,24+,26+,27-,29+,30+,31-/m1/s1/i1+1,2+1,3+1,4+1,5+1,6+1,10+1,12+1,15+1,22+1,23+1,24+1,25+1,27+1. The Kier molecular flexibility index (Phi) is 7.45. The second-order valence-corrected chi connectivity index (χ2v) is 12.4. The number of hydrogen-bond donors (Lipinski definition) is 1. The maximum absolute atomic E-state index is 13.4. The lowest BCUT2D eigenvalue weighted by molar-refractivity contribution is -0.270. The zero-order chi connectivity index (χ0) is 30.6. The highest BCUT2D eigenvalue weighted by Crippen LogP contribution is 2.67. The Bertz CT molecular complexity index is 1460. The smallest absolute Gasteiger partial charge is 0.345 e. The first kappa shape index (κ1) is 29.8. The first-order valence-corrected chi connectivity index (χ1v) is 14.1. The highest BCUT2D eigenvalue weighted by atomic mass is 16.7. The third-order valence-electron chi connectivity index (χ3n) is 9.73. The minimum Gasteiger partial charge on any atom is -0.482 e. The molecule has 2 aliphatic carbocycles. The lowest BCUT2D eigenvalue weighted by atomic mass is 9.87. The molecule has 3 aliphatic rings. The predicted molar refractivity (Wildman–Crippen MR) is 147 cm³/mol. The molecule has 0 spiro atoms. The van der Waals surface area contributed by atoms with Gasteiger partial charge in [-0.3, -0.25) is 19.4 Å². The largest absolute Gasteiger partial charge is 0.482 e. The Morgan fingerprint density at radius 2 is 1.76 bits per heavy atom. The molecule has 226 valence electrons. The van der Waals surface area contributed by atoms with Gasteiger partial charge >= 0.3 is 23.5 Å². The second-order valence-electron chi connectivity index (χ2n) is 12.4. The molecule has 8 atom stereocenters. The van der Waals surface area contributed by atoms with Gasteiger partial charge in [-0.1, -0.05) is 13.8 Å². The predicted octanol–water partition coefficient (Wildman–Crippen LogP) is 3.76. The van der Waals surface area contributed by atoms with Gasteiger partial charge in [-0.05, 0) is 49.7 Å². The van der Waals surface area contributed by atoms with Gasteiger partial charge in [0.25, 0.3) is 0 Å². The highest BCUT2D eigenvalue weighted by molar-refractivity contribution is 5.67. The van der Waals surface area contributed by atoms with Crippen LogP contribution in [-0.4, -0.2) is 52.4 Å². The molecule has 2 saturated carbocycles. The van der Waals surface area contributed by atoms with Crippen molar-refractivity contribution in [2.24, 2.45) is 22.7 Å². The molecule has 1 N–H and O–H groups in total. The first-order valence-electron chi connectivity index (χ1n) is 14.1. The molecule has 0 unspecified atom stereocenters. The molecule has 11 heteroatoms. The fourth-order valence-corrected chi connectivity index (χ4v) is 8.04. The number of aliphatic hydroxyl groups is 1. The quantitative estimate of drug-likeness (QED) is 0.305. The normalized spacial score (nSPS) is 35.0. The summed E-state index contributed by atoms with van der Waals surface area (Å²) < 4.78 is 29.5. The van der Waals surface area contributed by atoms with Crippen LogP contribution >= 0.6 is 0 Å². The van der Waals surface area contributed by atoms with Crippen LogP contribution in [0.1, 0.15) is 72.5 Å². The number of nitrogens with zero attached hydrogens (tertiary/aromatic N) is 1.